The van der Waals surface area contributed by atoms with Gasteiger partial charge in [0, 0.05) is 11.7 Å². The summed E-state index contributed by atoms with van der Waals surface area (Å²) in [4.78, 5) is 0. The molecule has 0 heterocycles. The van der Waals surface area contributed by atoms with Crippen LogP contribution in [-0.4, -0.2) is 6.04 Å². The summed E-state index contributed by atoms with van der Waals surface area (Å²) in [5.74, 6) is -0.343. The summed E-state index contributed by atoms with van der Waals surface area (Å²) < 4.78 is 13.0. The Morgan fingerprint density at radius 1 is 1.38 bits per heavy atom. The molecule has 0 spiro atoms. The minimum Gasteiger partial charge on any atom is -0.396 e. The summed E-state index contributed by atoms with van der Waals surface area (Å²) in [5.41, 5.74) is 6.40. The standard InChI is InChI=1S/C10H13FN2/c11-9-6-8(4-5-10(9)12)13-7-2-1-3-7/h4-7,13H,1-3,12H2. The highest BCUT2D eigenvalue weighted by molar-refractivity contribution is 5.53. The molecule has 1 fully saturated rings. The van der Waals surface area contributed by atoms with Gasteiger partial charge in [0.05, 0.1) is 5.69 Å². The minimum atomic E-state index is -0.343. The van der Waals surface area contributed by atoms with Gasteiger partial charge in [-0.15, -0.1) is 0 Å². The van der Waals surface area contributed by atoms with Crippen LogP contribution in [0, 0.1) is 5.82 Å². The Labute approximate surface area is 76.9 Å². The zero-order chi connectivity index (χ0) is 9.26. The Balaban J connectivity index is 2.07. The zero-order valence-corrected chi connectivity index (χ0v) is 7.39. The van der Waals surface area contributed by atoms with Crippen molar-refractivity contribution >= 4 is 11.4 Å². The summed E-state index contributed by atoms with van der Waals surface area (Å²) in [6.07, 6.45) is 3.65. The van der Waals surface area contributed by atoms with Crippen LogP contribution >= 0.6 is 0 Å². The molecule has 2 rings (SSSR count). The lowest BCUT2D eigenvalue weighted by atomic mass is 9.93. The summed E-state index contributed by atoms with van der Waals surface area (Å²) in [7, 11) is 0. The lowest BCUT2D eigenvalue weighted by Gasteiger charge is -2.27. The van der Waals surface area contributed by atoms with Crippen molar-refractivity contribution in [2.45, 2.75) is 25.3 Å². The molecule has 1 saturated carbocycles. The molecule has 0 saturated heterocycles. The SMILES string of the molecule is Nc1ccc(NC2CCC2)cc1F. The predicted octanol–water partition coefficient (Wildman–Crippen LogP) is 2.37. The minimum absolute atomic E-state index is 0.208. The van der Waals surface area contributed by atoms with Crippen molar-refractivity contribution in [1.82, 2.24) is 0 Å². The van der Waals surface area contributed by atoms with E-state index in [1.807, 2.05) is 6.07 Å². The van der Waals surface area contributed by atoms with Gasteiger partial charge < -0.3 is 11.1 Å². The molecule has 2 nitrogen and oxygen atoms in total. The van der Waals surface area contributed by atoms with Crippen molar-refractivity contribution in [2.24, 2.45) is 0 Å². The lowest BCUT2D eigenvalue weighted by Crippen LogP contribution is -2.26. The molecule has 3 N–H and O–H groups in total. The Morgan fingerprint density at radius 2 is 2.15 bits per heavy atom. The number of nitrogens with one attached hydrogen (secondary N) is 1. The van der Waals surface area contributed by atoms with Crippen molar-refractivity contribution < 1.29 is 4.39 Å². The van der Waals surface area contributed by atoms with Crippen LogP contribution in [0.4, 0.5) is 15.8 Å². The van der Waals surface area contributed by atoms with E-state index in [0.717, 1.165) is 5.69 Å². The molecule has 0 amide bonds. The van der Waals surface area contributed by atoms with Gasteiger partial charge in [0.1, 0.15) is 5.82 Å². The van der Waals surface area contributed by atoms with Crippen molar-refractivity contribution in [1.29, 1.82) is 0 Å². The van der Waals surface area contributed by atoms with Crippen molar-refractivity contribution in [2.75, 3.05) is 11.1 Å². The maximum atomic E-state index is 13.0. The molecule has 1 aliphatic rings. The van der Waals surface area contributed by atoms with E-state index >= 15 is 0 Å². The number of nitrogens with two attached hydrogens (primary N) is 1. The van der Waals surface area contributed by atoms with E-state index in [4.69, 9.17) is 5.73 Å². The number of hydrogen-bond acceptors (Lipinski definition) is 2. The monoisotopic (exact) mass is 180 g/mol. The Kier molecular flexibility index (Phi) is 2.08. The summed E-state index contributed by atoms with van der Waals surface area (Å²) in [6, 6.07) is 5.39. The summed E-state index contributed by atoms with van der Waals surface area (Å²) in [5, 5.41) is 3.25. The third-order valence-corrected chi connectivity index (χ3v) is 2.48. The molecule has 0 radical (unpaired) electrons. The molecule has 1 aromatic rings. The molecule has 1 aliphatic carbocycles. The Morgan fingerprint density at radius 3 is 2.69 bits per heavy atom. The van der Waals surface area contributed by atoms with E-state index in [9.17, 15) is 4.39 Å². The lowest BCUT2D eigenvalue weighted by molar-refractivity contribution is 0.445. The Bertz CT molecular complexity index is 308. The van der Waals surface area contributed by atoms with Crippen LogP contribution in [0.25, 0.3) is 0 Å². The van der Waals surface area contributed by atoms with Crippen molar-refractivity contribution in [3.63, 3.8) is 0 Å². The molecule has 0 aromatic heterocycles. The van der Waals surface area contributed by atoms with Crippen LogP contribution in [0.5, 0.6) is 0 Å². The van der Waals surface area contributed by atoms with Crippen molar-refractivity contribution in [3.8, 4) is 0 Å². The normalized spacial score (nSPS) is 16.7. The van der Waals surface area contributed by atoms with E-state index < -0.39 is 0 Å². The van der Waals surface area contributed by atoms with Gasteiger partial charge in [0.15, 0.2) is 0 Å². The highest BCUT2D eigenvalue weighted by Gasteiger charge is 2.16. The van der Waals surface area contributed by atoms with Crippen LogP contribution in [0.1, 0.15) is 19.3 Å². The third kappa shape index (κ3) is 1.74. The Hall–Kier alpha value is -1.25. The van der Waals surface area contributed by atoms with Crippen LogP contribution in [0.15, 0.2) is 18.2 Å². The van der Waals surface area contributed by atoms with Gasteiger partial charge >= 0.3 is 0 Å². The maximum Gasteiger partial charge on any atom is 0.148 e. The molecular weight excluding hydrogens is 167 g/mol. The number of benzene rings is 1. The van der Waals surface area contributed by atoms with Gasteiger partial charge in [-0.1, -0.05) is 0 Å². The fourth-order valence-corrected chi connectivity index (χ4v) is 1.41. The topological polar surface area (TPSA) is 38.0 Å². The van der Waals surface area contributed by atoms with Crippen LogP contribution < -0.4 is 11.1 Å². The fraction of sp³-hybridized carbons (Fsp3) is 0.400. The van der Waals surface area contributed by atoms with Gasteiger partial charge in [-0.2, -0.15) is 0 Å². The van der Waals surface area contributed by atoms with E-state index in [-0.39, 0.29) is 11.5 Å². The first-order valence-electron chi connectivity index (χ1n) is 4.57. The molecule has 1 aromatic carbocycles. The molecule has 70 valence electrons. The first-order valence-corrected chi connectivity index (χ1v) is 4.57. The van der Waals surface area contributed by atoms with Crippen molar-refractivity contribution in [3.05, 3.63) is 24.0 Å². The van der Waals surface area contributed by atoms with Gasteiger partial charge in [-0.25, -0.2) is 4.39 Å². The van der Waals surface area contributed by atoms with Crippen LogP contribution in [-0.2, 0) is 0 Å². The first-order chi connectivity index (χ1) is 6.25. The number of hydrogen-bond donors (Lipinski definition) is 2. The fourth-order valence-electron chi connectivity index (χ4n) is 1.41. The third-order valence-electron chi connectivity index (χ3n) is 2.48. The molecule has 0 aliphatic heterocycles. The van der Waals surface area contributed by atoms with E-state index in [2.05, 4.69) is 5.32 Å². The molecule has 0 bridgehead atoms. The van der Waals surface area contributed by atoms with E-state index in [0.29, 0.717) is 6.04 Å². The second kappa shape index (κ2) is 3.24. The molecule has 0 atom stereocenters. The van der Waals surface area contributed by atoms with Gasteiger partial charge in [-0.3, -0.25) is 0 Å². The molecule has 3 heteroatoms. The van der Waals surface area contributed by atoms with Crippen LogP contribution in [0.2, 0.25) is 0 Å². The second-order valence-corrected chi connectivity index (χ2v) is 3.51. The smallest absolute Gasteiger partial charge is 0.148 e. The highest BCUT2D eigenvalue weighted by atomic mass is 19.1. The maximum absolute atomic E-state index is 13.0. The molecular formula is C10H13FN2. The van der Waals surface area contributed by atoms with E-state index in [1.54, 1.807) is 6.07 Å². The molecule has 13 heavy (non-hydrogen) atoms. The van der Waals surface area contributed by atoms with Gasteiger partial charge in [0.2, 0.25) is 0 Å². The average Bonchev–Trinajstić information content (AvgIpc) is 2.04. The average molecular weight is 180 g/mol. The van der Waals surface area contributed by atoms with Gasteiger partial charge in [0.25, 0.3) is 0 Å². The summed E-state index contributed by atoms with van der Waals surface area (Å²) in [6.45, 7) is 0. The van der Waals surface area contributed by atoms with E-state index in [1.165, 1.54) is 25.3 Å². The number of halogens is 1. The highest BCUT2D eigenvalue weighted by Crippen LogP contribution is 2.24. The number of rotatable bonds is 2. The summed E-state index contributed by atoms with van der Waals surface area (Å²) >= 11 is 0. The molecule has 0 unspecified atom stereocenters. The zero-order valence-electron chi connectivity index (χ0n) is 7.39. The first kappa shape index (κ1) is 8.35. The largest absolute Gasteiger partial charge is 0.396 e. The van der Waals surface area contributed by atoms with Crippen LogP contribution in [0.3, 0.4) is 0 Å². The predicted molar refractivity (Wildman–Crippen MR) is 52.1 cm³/mol. The number of nitrogen functional groups attached to an aromatic ring is 1. The number of anilines is 2. The second-order valence-electron chi connectivity index (χ2n) is 3.51. The van der Waals surface area contributed by atoms with Gasteiger partial charge in [-0.05, 0) is 37.5 Å². The quantitative estimate of drug-likeness (QED) is 0.686.